The molecule has 1 aliphatic rings. The van der Waals surface area contributed by atoms with Crippen LogP contribution in [0.1, 0.15) is 48.8 Å². The monoisotopic (exact) mass is 336 g/mol. The van der Waals surface area contributed by atoms with Gasteiger partial charge >= 0.3 is 0 Å². The van der Waals surface area contributed by atoms with Crippen LogP contribution in [0.25, 0.3) is 22.3 Å². The second-order valence-electron chi connectivity index (χ2n) is 7.71. The number of carbonyl (C=O) groups is 1. The Morgan fingerprint density at radius 3 is 2.96 bits per heavy atom. The number of aromatic nitrogens is 3. The Balaban J connectivity index is 1.71. The van der Waals surface area contributed by atoms with Crippen molar-refractivity contribution in [2.75, 3.05) is 6.54 Å². The van der Waals surface area contributed by atoms with Gasteiger partial charge in [-0.25, -0.2) is 0 Å². The number of amides is 1. The van der Waals surface area contributed by atoms with Gasteiger partial charge in [-0.1, -0.05) is 13.8 Å². The van der Waals surface area contributed by atoms with Gasteiger partial charge in [-0.15, -0.1) is 0 Å². The lowest BCUT2D eigenvalue weighted by molar-refractivity contribution is 0.0956. The first-order valence-corrected chi connectivity index (χ1v) is 8.94. The van der Waals surface area contributed by atoms with Crippen LogP contribution in [0, 0.1) is 5.41 Å². The van der Waals surface area contributed by atoms with Gasteiger partial charge in [0.15, 0.2) is 0 Å². The Morgan fingerprint density at radius 2 is 2.16 bits per heavy atom. The summed E-state index contributed by atoms with van der Waals surface area (Å²) in [5.41, 5.74) is 6.66. The number of rotatable bonds is 3. The summed E-state index contributed by atoms with van der Waals surface area (Å²) in [6, 6.07) is 7.85. The number of hydrogen-bond acceptors (Lipinski definition) is 2. The van der Waals surface area contributed by atoms with Crippen molar-refractivity contribution >= 4 is 16.8 Å². The molecule has 2 heterocycles. The number of fused-ring (bicyclic) bond motifs is 2. The molecule has 0 unspecified atom stereocenters. The Hall–Kier alpha value is -2.56. The predicted octanol–water partition coefficient (Wildman–Crippen LogP) is 3.82. The van der Waals surface area contributed by atoms with Gasteiger partial charge in [-0.05, 0) is 55.9 Å². The van der Waals surface area contributed by atoms with Crippen LogP contribution < -0.4 is 5.32 Å². The van der Waals surface area contributed by atoms with Gasteiger partial charge in [0, 0.05) is 34.3 Å². The molecule has 3 N–H and O–H groups in total. The molecule has 1 amide bonds. The predicted molar refractivity (Wildman–Crippen MR) is 99.7 cm³/mol. The van der Waals surface area contributed by atoms with Crippen LogP contribution in [0.4, 0.5) is 0 Å². The first kappa shape index (κ1) is 15.9. The van der Waals surface area contributed by atoms with E-state index in [2.05, 4.69) is 40.4 Å². The average molecular weight is 336 g/mol. The Bertz CT molecular complexity index is 948. The van der Waals surface area contributed by atoms with Crippen LogP contribution in [0.3, 0.4) is 0 Å². The van der Waals surface area contributed by atoms with Gasteiger partial charge in [0.2, 0.25) is 0 Å². The molecule has 2 aromatic heterocycles. The molecule has 0 saturated heterocycles. The fourth-order valence-corrected chi connectivity index (χ4v) is 3.73. The number of carbonyl (C=O) groups excluding carboxylic acids is 1. The molecule has 0 aliphatic heterocycles. The van der Waals surface area contributed by atoms with Crippen LogP contribution in [0.5, 0.6) is 0 Å². The number of benzene rings is 1. The van der Waals surface area contributed by atoms with E-state index in [4.69, 9.17) is 0 Å². The minimum atomic E-state index is -0.0356. The lowest BCUT2D eigenvalue weighted by Crippen LogP contribution is -2.22. The summed E-state index contributed by atoms with van der Waals surface area (Å²) in [7, 11) is 0. The van der Waals surface area contributed by atoms with Crippen molar-refractivity contribution in [3.05, 3.63) is 41.1 Å². The quantitative estimate of drug-likeness (QED) is 0.680. The van der Waals surface area contributed by atoms with Gasteiger partial charge in [-0.2, -0.15) is 5.10 Å². The van der Waals surface area contributed by atoms with E-state index in [0.717, 1.165) is 35.1 Å². The molecule has 1 aromatic carbocycles. The van der Waals surface area contributed by atoms with E-state index in [1.165, 1.54) is 17.7 Å². The normalized spacial score (nSPS) is 16.0. The van der Waals surface area contributed by atoms with E-state index in [1.807, 2.05) is 25.1 Å². The second-order valence-corrected chi connectivity index (χ2v) is 7.71. The standard InChI is InChI=1S/C20H24N4O/c1-4-21-19(25)12-5-6-15-13(9-12)10-16(22-15)18-14-7-8-20(2,3)11-17(14)23-24-18/h5-6,9-10,22H,4,7-8,11H2,1-3H3,(H,21,25)(H,23,24). The molecule has 0 atom stereocenters. The highest BCUT2D eigenvalue weighted by Gasteiger charge is 2.29. The fourth-order valence-electron chi connectivity index (χ4n) is 3.73. The van der Waals surface area contributed by atoms with Crippen molar-refractivity contribution in [3.63, 3.8) is 0 Å². The molecular formula is C20H24N4O. The maximum atomic E-state index is 12.0. The number of H-pyrrole nitrogens is 2. The Morgan fingerprint density at radius 1 is 1.32 bits per heavy atom. The highest BCUT2D eigenvalue weighted by molar-refractivity contribution is 5.99. The highest BCUT2D eigenvalue weighted by atomic mass is 16.1. The minimum Gasteiger partial charge on any atom is -0.353 e. The van der Waals surface area contributed by atoms with Crippen molar-refractivity contribution in [2.45, 2.75) is 40.0 Å². The second kappa shape index (κ2) is 5.76. The van der Waals surface area contributed by atoms with E-state index >= 15 is 0 Å². The van der Waals surface area contributed by atoms with Gasteiger partial charge in [0.25, 0.3) is 5.91 Å². The minimum absolute atomic E-state index is 0.0356. The largest absolute Gasteiger partial charge is 0.353 e. The number of aromatic amines is 2. The molecule has 0 bridgehead atoms. The number of nitrogens with one attached hydrogen (secondary N) is 3. The van der Waals surface area contributed by atoms with Crippen molar-refractivity contribution in [1.82, 2.24) is 20.5 Å². The molecule has 4 rings (SSSR count). The van der Waals surface area contributed by atoms with Crippen molar-refractivity contribution in [2.24, 2.45) is 5.41 Å². The fraction of sp³-hybridized carbons (Fsp3) is 0.400. The first-order chi connectivity index (χ1) is 12.0. The molecule has 130 valence electrons. The third-order valence-electron chi connectivity index (χ3n) is 5.14. The summed E-state index contributed by atoms with van der Waals surface area (Å²) in [5, 5.41) is 11.7. The van der Waals surface area contributed by atoms with Crippen LogP contribution in [-0.4, -0.2) is 27.6 Å². The van der Waals surface area contributed by atoms with Crippen LogP contribution >= 0.6 is 0 Å². The van der Waals surface area contributed by atoms with Crippen LogP contribution in [0.2, 0.25) is 0 Å². The molecule has 3 aromatic rings. The molecule has 0 spiro atoms. The lowest BCUT2D eigenvalue weighted by atomic mass is 9.76. The van der Waals surface area contributed by atoms with E-state index in [1.54, 1.807) is 0 Å². The Kier molecular flexibility index (Phi) is 3.67. The van der Waals surface area contributed by atoms with E-state index < -0.39 is 0 Å². The molecule has 1 aliphatic carbocycles. The van der Waals surface area contributed by atoms with Crippen LogP contribution in [-0.2, 0) is 12.8 Å². The molecule has 25 heavy (non-hydrogen) atoms. The molecule has 0 saturated carbocycles. The smallest absolute Gasteiger partial charge is 0.251 e. The topological polar surface area (TPSA) is 73.6 Å². The van der Waals surface area contributed by atoms with E-state index in [-0.39, 0.29) is 5.91 Å². The molecule has 5 nitrogen and oxygen atoms in total. The number of nitrogens with zero attached hydrogens (tertiary/aromatic N) is 1. The molecule has 0 radical (unpaired) electrons. The summed E-state index contributed by atoms with van der Waals surface area (Å²) < 4.78 is 0. The Labute approximate surface area is 147 Å². The molecule has 5 heteroatoms. The van der Waals surface area contributed by atoms with E-state index in [9.17, 15) is 4.79 Å². The third kappa shape index (κ3) is 2.84. The molecular weight excluding hydrogens is 312 g/mol. The van der Waals surface area contributed by atoms with E-state index in [0.29, 0.717) is 17.5 Å². The zero-order valence-corrected chi connectivity index (χ0v) is 15.0. The number of hydrogen-bond donors (Lipinski definition) is 3. The lowest BCUT2D eigenvalue weighted by Gasteiger charge is -2.28. The summed E-state index contributed by atoms with van der Waals surface area (Å²) >= 11 is 0. The first-order valence-electron chi connectivity index (χ1n) is 8.94. The van der Waals surface area contributed by atoms with Crippen molar-refractivity contribution < 1.29 is 4.79 Å². The summed E-state index contributed by atoms with van der Waals surface area (Å²) in [5.74, 6) is -0.0356. The SMILES string of the molecule is CCNC(=O)c1ccc2[nH]c(-c3n[nH]c4c3CCC(C)(C)C4)cc2c1. The van der Waals surface area contributed by atoms with Gasteiger partial charge in [0.05, 0.1) is 5.69 Å². The highest BCUT2D eigenvalue weighted by Crippen LogP contribution is 2.38. The third-order valence-corrected chi connectivity index (χ3v) is 5.14. The van der Waals surface area contributed by atoms with Crippen molar-refractivity contribution in [3.8, 4) is 11.4 Å². The molecule has 0 fully saturated rings. The average Bonchev–Trinajstić information content (AvgIpc) is 3.16. The van der Waals surface area contributed by atoms with Gasteiger partial charge < -0.3 is 10.3 Å². The van der Waals surface area contributed by atoms with Crippen molar-refractivity contribution in [1.29, 1.82) is 0 Å². The zero-order chi connectivity index (χ0) is 17.6. The summed E-state index contributed by atoms with van der Waals surface area (Å²) in [4.78, 5) is 15.5. The van der Waals surface area contributed by atoms with Gasteiger partial charge in [-0.3, -0.25) is 9.89 Å². The maximum absolute atomic E-state index is 12.0. The summed E-state index contributed by atoms with van der Waals surface area (Å²) in [6.07, 6.45) is 3.26. The van der Waals surface area contributed by atoms with Gasteiger partial charge in [0.1, 0.15) is 5.69 Å². The maximum Gasteiger partial charge on any atom is 0.251 e. The summed E-state index contributed by atoms with van der Waals surface area (Å²) in [6.45, 7) is 7.17. The zero-order valence-electron chi connectivity index (χ0n) is 15.0. The van der Waals surface area contributed by atoms with Crippen LogP contribution in [0.15, 0.2) is 24.3 Å².